The number of anilines is 1. The fourth-order valence-electron chi connectivity index (χ4n) is 7.71. The zero-order chi connectivity index (χ0) is 29.5. The van der Waals surface area contributed by atoms with Gasteiger partial charge in [0, 0.05) is 30.3 Å². The Kier molecular flexibility index (Phi) is 7.85. The minimum Gasteiger partial charge on any atom is -0.496 e. The number of aromatic nitrogens is 4. The Labute approximate surface area is 249 Å². The molecule has 7 rings (SSSR count). The first kappa shape index (κ1) is 28.8. The van der Waals surface area contributed by atoms with Crippen LogP contribution in [-0.4, -0.2) is 50.8 Å². The molecule has 4 fully saturated rings. The highest BCUT2D eigenvalue weighted by Gasteiger charge is 2.50. The van der Waals surface area contributed by atoms with Gasteiger partial charge in [-0.2, -0.15) is 15.3 Å². The number of hydrogen-bond donors (Lipinski definition) is 1. The van der Waals surface area contributed by atoms with E-state index in [2.05, 4.69) is 54.3 Å². The summed E-state index contributed by atoms with van der Waals surface area (Å²) in [6, 6.07) is 8.98. The van der Waals surface area contributed by atoms with Gasteiger partial charge in [-0.1, -0.05) is 12.1 Å². The molecule has 3 aromatic rings. The lowest BCUT2D eigenvalue weighted by Gasteiger charge is -2.55. The number of methoxy groups -OCH3 is 1. The van der Waals surface area contributed by atoms with Crippen LogP contribution < -0.4 is 9.64 Å². The summed E-state index contributed by atoms with van der Waals surface area (Å²) in [5.41, 5.74) is 5.40. The van der Waals surface area contributed by atoms with Crippen LogP contribution in [0.1, 0.15) is 95.2 Å². The van der Waals surface area contributed by atoms with Crippen LogP contribution in [0.5, 0.6) is 5.75 Å². The van der Waals surface area contributed by atoms with E-state index in [1.807, 2.05) is 28.0 Å². The van der Waals surface area contributed by atoms with E-state index in [-0.39, 0.29) is 34.8 Å². The van der Waals surface area contributed by atoms with Gasteiger partial charge in [0.2, 0.25) is 5.91 Å². The summed E-state index contributed by atoms with van der Waals surface area (Å²) >= 11 is 0. The highest BCUT2D eigenvalue weighted by atomic mass is 16.5. The molecule has 0 radical (unpaired) electrons. The summed E-state index contributed by atoms with van der Waals surface area (Å²) in [4.78, 5) is 16.3. The van der Waals surface area contributed by atoms with Crippen molar-refractivity contribution in [2.45, 2.75) is 103 Å². The van der Waals surface area contributed by atoms with Crippen molar-refractivity contribution in [1.29, 1.82) is 0 Å². The van der Waals surface area contributed by atoms with Crippen molar-refractivity contribution < 1.29 is 14.6 Å². The van der Waals surface area contributed by atoms with Crippen LogP contribution in [0.3, 0.4) is 0 Å². The molecule has 224 valence electrons. The van der Waals surface area contributed by atoms with Crippen molar-refractivity contribution in [3.63, 3.8) is 0 Å². The molecule has 0 atom stereocenters. The zero-order valence-electron chi connectivity index (χ0n) is 25.6. The topological polar surface area (TPSA) is 93.4 Å². The summed E-state index contributed by atoms with van der Waals surface area (Å²) in [7, 11) is 1.73. The smallest absolute Gasteiger partial charge is 0.230 e. The average molecular weight is 572 g/mol. The summed E-state index contributed by atoms with van der Waals surface area (Å²) < 4.78 is 7.44. The molecule has 4 saturated carbocycles. The Bertz CT molecular complexity index is 1400. The number of aliphatic hydroxyl groups is 1. The van der Waals surface area contributed by atoms with Gasteiger partial charge in [-0.05, 0) is 119 Å². The number of ether oxygens (including phenoxy) is 1. The predicted octanol–water partition coefficient (Wildman–Crippen LogP) is 6.41. The van der Waals surface area contributed by atoms with Crippen LogP contribution in [0.4, 0.5) is 5.69 Å². The lowest BCUT2D eigenvalue weighted by Crippen LogP contribution is -2.51. The second kappa shape index (κ2) is 11.4. The lowest BCUT2D eigenvalue weighted by molar-refractivity contribution is -0.124. The number of rotatable bonds is 8. The fourth-order valence-corrected chi connectivity index (χ4v) is 7.71. The molecular weight excluding hydrogens is 526 g/mol. The number of nitrogens with zero attached hydrogens (tertiary/aromatic N) is 5. The highest BCUT2D eigenvalue weighted by Crippen LogP contribution is 2.58. The number of fused-ring (bicyclic) bond motifs is 3. The lowest BCUT2D eigenvalue weighted by atomic mass is 9.51. The molecule has 2 heterocycles. The van der Waals surface area contributed by atoms with Crippen molar-refractivity contribution >= 4 is 11.6 Å². The van der Waals surface area contributed by atoms with Crippen molar-refractivity contribution in [2.24, 2.45) is 11.3 Å². The molecule has 0 unspecified atom stereocenters. The van der Waals surface area contributed by atoms with Gasteiger partial charge in [0.25, 0.3) is 0 Å². The third-order valence-corrected chi connectivity index (χ3v) is 10.6. The summed E-state index contributed by atoms with van der Waals surface area (Å²) in [5.74, 6) is 1.04. The summed E-state index contributed by atoms with van der Waals surface area (Å²) in [6.07, 6.45) is 14.9. The third kappa shape index (κ3) is 5.46. The number of hydrogen-bond acceptors (Lipinski definition) is 6. The first-order valence-electron chi connectivity index (χ1n) is 15.7. The van der Waals surface area contributed by atoms with E-state index in [4.69, 9.17) is 4.74 Å². The van der Waals surface area contributed by atoms with Gasteiger partial charge in [-0.15, -0.1) is 0 Å². The van der Waals surface area contributed by atoms with Crippen LogP contribution in [0.25, 0.3) is 11.3 Å². The largest absolute Gasteiger partial charge is 0.496 e. The number of carbonyl (C=O) groups is 1. The second-order valence-electron chi connectivity index (χ2n) is 13.5. The van der Waals surface area contributed by atoms with Gasteiger partial charge in [-0.3, -0.25) is 9.48 Å². The Morgan fingerprint density at radius 1 is 1.07 bits per heavy atom. The van der Waals surface area contributed by atoms with Gasteiger partial charge >= 0.3 is 0 Å². The predicted molar refractivity (Wildman–Crippen MR) is 163 cm³/mol. The van der Waals surface area contributed by atoms with E-state index in [1.54, 1.807) is 13.3 Å². The Morgan fingerprint density at radius 2 is 1.79 bits per heavy atom. The normalized spacial score (nSPS) is 27.3. The minimum atomic E-state index is -0.292. The molecule has 2 aromatic heterocycles. The van der Waals surface area contributed by atoms with E-state index in [0.29, 0.717) is 19.4 Å². The molecule has 8 heteroatoms. The van der Waals surface area contributed by atoms with Gasteiger partial charge < -0.3 is 14.7 Å². The van der Waals surface area contributed by atoms with Gasteiger partial charge in [0.1, 0.15) is 5.75 Å². The van der Waals surface area contributed by atoms with E-state index in [9.17, 15) is 9.90 Å². The maximum Gasteiger partial charge on any atom is 0.230 e. The molecule has 1 N–H and O–H groups in total. The van der Waals surface area contributed by atoms with Crippen LogP contribution in [0, 0.1) is 18.3 Å². The second-order valence-corrected chi connectivity index (χ2v) is 13.5. The molecule has 4 aliphatic rings. The SMILES string of the molecule is COc1ccc(C23CCC(CN(C(=O)C4CCC(O)CC4)c4cnnc(-c5cnn(C(C)C)c5)c4)(CC2)CC3)cc1C. The van der Waals surface area contributed by atoms with Crippen LogP contribution >= 0.6 is 0 Å². The highest BCUT2D eigenvalue weighted by molar-refractivity contribution is 5.95. The maximum absolute atomic E-state index is 14.2. The number of benzene rings is 1. The van der Waals surface area contributed by atoms with E-state index in [0.717, 1.165) is 74.1 Å². The molecule has 42 heavy (non-hydrogen) atoms. The zero-order valence-corrected chi connectivity index (χ0v) is 25.6. The van der Waals surface area contributed by atoms with E-state index < -0.39 is 0 Å². The van der Waals surface area contributed by atoms with Gasteiger partial charge in [0.05, 0.1) is 37.0 Å². The molecule has 4 aliphatic carbocycles. The van der Waals surface area contributed by atoms with Gasteiger partial charge in [-0.25, -0.2) is 0 Å². The van der Waals surface area contributed by atoms with E-state index in [1.165, 1.54) is 11.1 Å². The number of aliphatic hydroxyl groups excluding tert-OH is 1. The maximum atomic E-state index is 14.2. The summed E-state index contributed by atoms with van der Waals surface area (Å²) in [5, 5.41) is 23.4. The van der Waals surface area contributed by atoms with Crippen molar-refractivity contribution in [1.82, 2.24) is 20.0 Å². The van der Waals surface area contributed by atoms with E-state index >= 15 is 0 Å². The third-order valence-electron chi connectivity index (χ3n) is 10.6. The minimum absolute atomic E-state index is 0.0707. The average Bonchev–Trinajstić information content (AvgIpc) is 3.52. The molecule has 0 aliphatic heterocycles. The molecular formula is C34H45N5O3. The van der Waals surface area contributed by atoms with Crippen LogP contribution in [0.2, 0.25) is 0 Å². The molecule has 0 saturated heterocycles. The van der Waals surface area contributed by atoms with Crippen LogP contribution in [0.15, 0.2) is 42.9 Å². The molecule has 8 nitrogen and oxygen atoms in total. The molecule has 2 bridgehead atoms. The first-order chi connectivity index (χ1) is 20.2. The first-order valence-corrected chi connectivity index (χ1v) is 15.7. The van der Waals surface area contributed by atoms with Crippen LogP contribution in [-0.2, 0) is 10.2 Å². The monoisotopic (exact) mass is 571 g/mol. The number of aryl methyl sites for hydroxylation is 1. The van der Waals surface area contributed by atoms with Crippen molar-refractivity contribution in [3.8, 4) is 17.0 Å². The Balaban J connectivity index is 1.27. The summed E-state index contributed by atoms with van der Waals surface area (Å²) in [6.45, 7) is 7.03. The molecule has 1 amide bonds. The molecule has 0 spiro atoms. The quantitative estimate of drug-likeness (QED) is 0.336. The fraction of sp³-hybridized carbons (Fsp3) is 0.588. The standard InChI is InChI=1S/C34H45N5O3/c1-23(2)39-21-26(19-36-39)30-18-28(20-35-37-30)38(32(41)25-5-8-29(40)9-6-25)22-33-11-14-34(15-12-33,16-13-33)27-7-10-31(42-4)24(3)17-27/h7,10,17-21,23,25,29,40H,5-6,8-9,11-16,22H2,1-4H3. The van der Waals surface area contributed by atoms with Gasteiger partial charge in [0.15, 0.2) is 0 Å². The number of carbonyl (C=O) groups excluding carboxylic acids is 1. The molecule has 1 aromatic carbocycles. The Morgan fingerprint density at radius 3 is 2.40 bits per heavy atom. The Hall–Kier alpha value is -3.26. The number of amides is 1. The van der Waals surface area contributed by atoms with Crippen molar-refractivity contribution in [3.05, 3.63) is 54.0 Å². The van der Waals surface area contributed by atoms with Crippen molar-refractivity contribution in [2.75, 3.05) is 18.6 Å².